The Bertz CT molecular complexity index is 1720. The Morgan fingerprint density at radius 1 is 0.533 bits per heavy atom. The lowest BCUT2D eigenvalue weighted by Crippen LogP contribution is -2.30. The van der Waals surface area contributed by atoms with Gasteiger partial charge in [-0.3, -0.25) is 0 Å². The molecule has 0 bridgehead atoms. The van der Waals surface area contributed by atoms with Gasteiger partial charge in [-0.15, -0.1) is 0 Å². The normalized spacial score (nSPS) is 13.5. The van der Waals surface area contributed by atoms with Crippen molar-refractivity contribution in [2.24, 2.45) is 5.41 Å². The van der Waals surface area contributed by atoms with Crippen LogP contribution in [0.25, 0.3) is 0 Å². The first-order chi connectivity index (χ1) is 21.9. The van der Waals surface area contributed by atoms with Gasteiger partial charge in [0.2, 0.25) is 0 Å². The van der Waals surface area contributed by atoms with Gasteiger partial charge in [0.25, 0.3) is 0 Å². The fourth-order valence-corrected chi connectivity index (χ4v) is 5.38. The number of hydrogen-bond acceptors (Lipinski definition) is 4. The number of ether oxygens (including phenoxy) is 2. The molecule has 0 saturated carbocycles. The number of rotatable bonds is 11. The van der Waals surface area contributed by atoms with E-state index in [1.807, 2.05) is 24.3 Å². The summed E-state index contributed by atoms with van der Waals surface area (Å²) in [4.78, 5) is 4.71. The van der Waals surface area contributed by atoms with Crippen LogP contribution in [0.1, 0.15) is 25.8 Å². The SMILES string of the molecule is Cc1ccc(Oc2ccc(N(CCN(c3ccccc3)c3ccc(OC4=CCC(C)(C)C=C4)cc3)c3ccccc3)cc2)cc1. The molecular formula is C41H40N2O2. The molecule has 226 valence electrons. The predicted molar refractivity (Wildman–Crippen MR) is 187 cm³/mol. The van der Waals surface area contributed by atoms with Crippen molar-refractivity contribution in [2.75, 3.05) is 22.9 Å². The van der Waals surface area contributed by atoms with Crippen LogP contribution < -0.4 is 19.3 Å². The van der Waals surface area contributed by atoms with E-state index in [1.54, 1.807) is 0 Å². The summed E-state index contributed by atoms with van der Waals surface area (Å²) in [6.45, 7) is 8.08. The molecule has 0 aliphatic heterocycles. The van der Waals surface area contributed by atoms with E-state index in [9.17, 15) is 0 Å². The first kappa shape index (κ1) is 29.8. The number of hydrogen-bond donors (Lipinski definition) is 0. The number of aryl methyl sites for hydroxylation is 1. The maximum Gasteiger partial charge on any atom is 0.127 e. The third kappa shape index (κ3) is 7.84. The topological polar surface area (TPSA) is 24.9 Å². The summed E-state index contributed by atoms with van der Waals surface area (Å²) in [6, 6.07) is 46.0. The van der Waals surface area contributed by atoms with E-state index in [0.29, 0.717) is 0 Å². The van der Waals surface area contributed by atoms with E-state index in [2.05, 4.69) is 158 Å². The molecule has 45 heavy (non-hydrogen) atoms. The van der Waals surface area contributed by atoms with Crippen LogP contribution in [0.5, 0.6) is 17.2 Å². The van der Waals surface area contributed by atoms with Crippen LogP contribution in [0.2, 0.25) is 0 Å². The van der Waals surface area contributed by atoms with Crippen LogP contribution in [0.3, 0.4) is 0 Å². The molecule has 5 aromatic carbocycles. The fraction of sp³-hybridized carbons (Fsp3) is 0.171. The summed E-state index contributed by atoms with van der Waals surface area (Å²) in [5, 5.41) is 0. The number of benzene rings is 5. The molecule has 0 amide bonds. The van der Waals surface area contributed by atoms with Gasteiger partial charge < -0.3 is 19.3 Å². The zero-order valence-corrected chi connectivity index (χ0v) is 26.3. The van der Waals surface area contributed by atoms with Crippen molar-refractivity contribution in [1.29, 1.82) is 0 Å². The highest BCUT2D eigenvalue weighted by molar-refractivity contribution is 5.67. The monoisotopic (exact) mass is 592 g/mol. The van der Waals surface area contributed by atoms with E-state index in [4.69, 9.17) is 9.47 Å². The fourth-order valence-electron chi connectivity index (χ4n) is 5.38. The maximum absolute atomic E-state index is 6.19. The smallest absolute Gasteiger partial charge is 0.127 e. The van der Waals surface area contributed by atoms with Crippen molar-refractivity contribution in [1.82, 2.24) is 0 Å². The molecule has 0 atom stereocenters. The molecule has 0 saturated heterocycles. The molecule has 5 aromatic rings. The number of anilines is 4. The van der Waals surface area contributed by atoms with E-state index in [-0.39, 0.29) is 5.41 Å². The minimum atomic E-state index is 0.178. The van der Waals surface area contributed by atoms with E-state index >= 15 is 0 Å². The van der Waals surface area contributed by atoms with Crippen molar-refractivity contribution in [3.63, 3.8) is 0 Å². The minimum absolute atomic E-state index is 0.178. The van der Waals surface area contributed by atoms with Gasteiger partial charge in [0.05, 0.1) is 0 Å². The molecule has 1 aliphatic rings. The van der Waals surface area contributed by atoms with Gasteiger partial charge in [0.15, 0.2) is 0 Å². The Labute approximate surface area is 267 Å². The molecule has 0 N–H and O–H groups in total. The van der Waals surface area contributed by atoms with Crippen LogP contribution >= 0.6 is 0 Å². The predicted octanol–water partition coefficient (Wildman–Crippen LogP) is 11.0. The molecule has 0 fully saturated rings. The molecule has 0 heterocycles. The van der Waals surface area contributed by atoms with Crippen molar-refractivity contribution in [3.05, 3.63) is 163 Å². The number of allylic oxidation sites excluding steroid dienone is 3. The largest absolute Gasteiger partial charge is 0.458 e. The van der Waals surface area contributed by atoms with Crippen LogP contribution in [0, 0.1) is 12.3 Å². The van der Waals surface area contributed by atoms with Gasteiger partial charge in [0.1, 0.15) is 23.0 Å². The first-order valence-corrected chi connectivity index (χ1v) is 15.6. The lowest BCUT2D eigenvalue weighted by atomic mass is 9.86. The van der Waals surface area contributed by atoms with Crippen molar-refractivity contribution < 1.29 is 9.47 Å². The summed E-state index contributed by atoms with van der Waals surface area (Å²) in [5.74, 6) is 3.38. The molecule has 0 spiro atoms. The van der Waals surface area contributed by atoms with Crippen LogP contribution in [-0.2, 0) is 0 Å². The molecule has 0 radical (unpaired) electrons. The third-order valence-corrected chi connectivity index (χ3v) is 8.00. The van der Waals surface area contributed by atoms with Crippen LogP contribution in [0.15, 0.2) is 157 Å². The zero-order chi connectivity index (χ0) is 31.1. The molecule has 6 rings (SSSR count). The Morgan fingerprint density at radius 3 is 1.40 bits per heavy atom. The summed E-state index contributed by atoms with van der Waals surface area (Å²) < 4.78 is 12.3. The van der Waals surface area contributed by atoms with Gasteiger partial charge in [-0.25, -0.2) is 0 Å². The van der Waals surface area contributed by atoms with E-state index < -0.39 is 0 Å². The summed E-state index contributed by atoms with van der Waals surface area (Å²) >= 11 is 0. The molecule has 1 aliphatic carbocycles. The Morgan fingerprint density at radius 2 is 0.956 bits per heavy atom. The van der Waals surface area contributed by atoms with Gasteiger partial charge in [-0.05, 0) is 116 Å². The highest BCUT2D eigenvalue weighted by Gasteiger charge is 2.18. The van der Waals surface area contributed by atoms with Crippen molar-refractivity contribution in [2.45, 2.75) is 27.2 Å². The Hall–Kier alpha value is -5.22. The van der Waals surface area contributed by atoms with E-state index in [1.165, 1.54) is 5.56 Å². The summed E-state index contributed by atoms with van der Waals surface area (Å²) in [7, 11) is 0. The highest BCUT2D eigenvalue weighted by atomic mass is 16.5. The summed E-state index contributed by atoms with van der Waals surface area (Å²) in [6.07, 6.45) is 7.44. The van der Waals surface area contributed by atoms with Gasteiger partial charge >= 0.3 is 0 Å². The molecule has 4 heteroatoms. The average Bonchev–Trinajstić information content (AvgIpc) is 3.07. The lowest BCUT2D eigenvalue weighted by Gasteiger charge is -2.31. The minimum Gasteiger partial charge on any atom is -0.458 e. The molecule has 0 aromatic heterocycles. The second-order valence-corrected chi connectivity index (χ2v) is 12.1. The average molecular weight is 593 g/mol. The molecular weight excluding hydrogens is 552 g/mol. The Balaban J connectivity index is 1.21. The number of nitrogens with zero attached hydrogens (tertiary/aromatic N) is 2. The van der Waals surface area contributed by atoms with Crippen molar-refractivity contribution >= 4 is 22.7 Å². The second kappa shape index (κ2) is 13.6. The van der Waals surface area contributed by atoms with E-state index in [0.717, 1.165) is 65.3 Å². The van der Waals surface area contributed by atoms with Crippen LogP contribution in [-0.4, -0.2) is 13.1 Å². The zero-order valence-electron chi connectivity index (χ0n) is 26.3. The maximum atomic E-state index is 6.19. The van der Waals surface area contributed by atoms with Gasteiger partial charge in [-0.2, -0.15) is 0 Å². The first-order valence-electron chi connectivity index (χ1n) is 15.6. The van der Waals surface area contributed by atoms with Crippen LogP contribution in [0.4, 0.5) is 22.7 Å². The summed E-state index contributed by atoms with van der Waals surface area (Å²) in [5.41, 5.74) is 5.88. The second-order valence-electron chi connectivity index (χ2n) is 12.1. The van der Waals surface area contributed by atoms with Crippen molar-refractivity contribution in [3.8, 4) is 17.2 Å². The Kier molecular flexibility index (Phi) is 9.02. The third-order valence-electron chi connectivity index (χ3n) is 8.00. The standard InChI is InChI=1S/C41H40N2O2/c1-32-14-20-37(21-15-32)44-38-22-16-35(17-23-38)42(33-10-6-4-7-11-33)30-31-43(34-12-8-5-9-13-34)36-18-24-39(25-19-36)45-40-26-28-41(2,3)29-27-40/h4-28H,29-31H2,1-3H3. The highest BCUT2D eigenvalue weighted by Crippen LogP contribution is 2.33. The number of para-hydroxylation sites is 2. The molecule has 4 nitrogen and oxygen atoms in total. The lowest BCUT2D eigenvalue weighted by molar-refractivity contribution is 0.411. The van der Waals surface area contributed by atoms with Gasteiger partial charge in [0, 0.05) is 35.8 Å². The van der Waals surface area contributed by atoms with Gasteiger partial charge in [-0.1, -0.05) is 74.0 Å². The molecule has 0 unspecified atom stereocenters. The quantitative estimate of drug-likeness (QED) is 0.152.